The van der Waals surface area contributed by atoms with Gasteiger partial charge in [-0.1, -0.05) is 30.3 Å². The van der Waals surface area contributed by atoms with Crippen LogP contribution in [0.2, 0.25) is 0 Å². The highest BCUT2D eigenvalue weighted by Crippen LogP contribution is 2.59. The Morgan fingerprint density at radius 3 is 1.16 bits per heavy atom. The molecule has 36 heteroatoms. The summed E-state index contributed by atoms with van der Waals surface area (Å²) in [6, 6.07) is 22.2. The van der Waals surface area contributed by atoms with Gasteiger partial charge in [-0.3, -0.25) is 19.2 Å². The number of benzene rings is 6. The smallest absolute Gasteiger partial charge is 0.343 e. The fourth-order valence-corrected chi connectivity index (χ4v) is 18.1. The lowest BCUT2D eigenvalue weighted by Crippen LogP contribution is -2.43. The van der Waals surface area contributed by atoms with E-state index in [2.05, 4.69) is 0 Å². The van der Waals surface area contributed by atoms with E-state index in [0.717, 1.165) is 96.3 Å². The van der Waals surface area contributed by atoms with Crippen molar-refractivity contribution >= 4 is 100 Å². The summed E-state index contributed by atoms with van der Waals surface area (Å²) in [6.07, 6.45) is 2.62. The molecule has 678 valence electrons. The van der Waals surface area contributed by atoms with E-state index in [4.69, 9.17) is 47.4 Å². The van der Waals surface area contributed by atoms with Crippen LogP contribution in [-0.2, 0) is 97.5 Å². The van der Waals surface area contributed by atoms with E-state index in [1.54, 1.807) is 38.1 Å². The summed E-state index contributed by atoms with van der Waals surface area (Å²) < 4.78 is 182. The number of hydrogen-bond donors (Lipinski definition) is 0. The minimum Gasteiger partial charge on any atom is -0.748 e. The first kappa shape index (κ1) is 98.5. The number of hydrogen-bond acceptors (Lipinski definition) is 32. The molecule has 0 aromatic heterocycles. The first-order valence-electron chi connectivity index (χ1n) is 40.5. The molecule has 1 saturated heterocycles. The molecule has 0 spiro atoms. The van der Waals surface area contributed by atoms with Crippen LogP contribution in [0, 0.1) is 151 Å². The molecular weight excluding hydrogens is 1710 g/mol. The van der Waals surface area contributed by atoms with Gasteiger partial charge in [0.15, 0.2) is 0 Å². The Morgan fingerprint density at radius 2 is 0.752 bits per heavy atom. The average Bonchev–Trinajstić information content (AvgIpc) is 1.54. The molecule has 32 nitrogen and oxygen atoms in total. The average molecular weight is 1810 g/mol. The number of carbonyl (C=O) groups is 10. The fraction of sp³-hybridized carbons (Fsp3) is 0.483. The van der Waals surface area contributed by atoms with E-state index >= 15 is 0 Å². The fourth-order valence-electron chi connectivity index (χ4n) is 17.0. The maximum atomic E-state index is 13.0. The van der Waals surface area contributed by atoms with Crippen molar-refractivity contribution in [3.05, 3.63) is 196 Å². The van der Waals surface area contributed by atoms with Crippen molar-refractivity contribution in [2.75, 3.05) is 49.4 Å². The molecule has 12 unspecified atom stereocenters. The van der Waals surface area contributed by atoms with E-state index in [0.29, 0.717) is 66.3 Å². The number of ether oxygens (including phenoxy) is 10. The highest BCUT2D eigenvalue weighted by atomic mass is 32.2. The second-order valence-electron chi connectivity index (χ2n) is 33.0. The molecule has 125 heavy (non-hydrogen) atoms. The van der Waals surface area contributed by atoms with E-state index in [1.165, 1.54) is 18.2 Å². The summed E-state index contributed by atoms with van der Waals surface area (Å²) in [6.45, 7) is 25.9. The molecule has 6 aromatic carbocycles. The first-order valence-corrected chi connectivity index (χ1v) is 46.8. The van der Waals surface area contributed by atoms with Gasteiger partial charge in [0, 0.05) is 23.8 Å². The Hall–Kier alpha value is -10.3. The summed E-state index contributed by atoms with van der Waals surface area (Å²) in [5.74, 6) is -12.5. The molecule has 0 radical (unpaired) electrons. The maximum absolute atomic E-state index is 13.0. The molecule has 0 amide bonds. The molecule has 6 fully saturated rings. The Kier molecular flexibility index (Phi) is 32.3. The SMILES string of the molecule is Cc1cc(C)c(C)c(C(=O)OC2C3CC4C(OC(=O)C42)C3C(=O)OCCS(=O)(=O)[O-])c1.Cc1cc(C)c(C)c(C(=O)OC2CC3CC(C(=O)OCCS(=O)(=O)[O-])C2C3)c1.Cc1cc(C)c(C)c(C(=O)OC2CCCC(C(=O)OCCS(=O)(=O)[O-])C2)c1.Cc1cc(C)c(C)c(C(=O)Oc2cc(OC(=O)c3cc(C)cc(C)c3C)cc(C(=O)OCCS(=O)(=O)[O-])c2)c1. The zero-order valence-corrected chi connectivity index (χ0v) is 75.2. The third-order valence-electron chi connectivity index (χ3n) is 23.6. The van der Waals surface area contributed by atoms with Crippen molar-refractivity contribution in [3.63, 3.8) is 0 Å². The summed E-state index contributed by atoms with van der Waals surface area (Å²) in [4.78, 5) is 126. The number of rotatable bonds is 26. The molecule has 5 saturated carbocycles. The van der Waals surface area contributed by atoms with Gasteiger partial charge in [-0.25, -0.2) is 62.4 Å². The Bertz CT molecular complexity index is 5600. The predicted octanol–water partition coefficient (Wildman–Crippen LogP) is 10.4. The summed E-state index contributed by atoms with van der Waals surface area (Å²) in [7, 11) is -18.0. The highest BCUT2D eigenvalue weighted by Gasteiger charge is 2.70. The van der Waals surface area contributed by atoms with Gasteiger partial charge < -0.3 is 65.6 Å². The van der Waals surface area contributed by atoms with E-state index in [-0.39, 0.29) is 46.9 Å². The topological polar surface area (TPSA) is 492 Å². The van der Waals surface area contributed by atoms with Crippen LogP contribution in [-0.4, -0.2) is 185 Å². The van der Waals surface area contributed by atoms with Crippen molar-refractivity contribution < 1.29 is 147 Å². The Balaban J connectivity index is 0.000000191. The van der Waals surface area contributed by atoms with Gasteiger partial charge in [-0.15, -0.1) is 0 Å². The molecule has 6 aromatic rings. The number of aryl methyl sites for hydroxylation is 10. The molecule has 6 aliphatic rings. The quantitative estimate of drug-likeness (QED) is 0.0211. The zero-order valence-electron chi connectivity index (χ0n) is 71.9. The number of esters is 10. The third-order valence-corrected chi connectivity index (χ3v) is 26.3. The molecule has 1 heterocycles. The standard InChI is InChI=1S/C29H30O9S.C21H24O9S.C20H26O7S.C19H26O7S/c1-16-9-18(3)20(5)25(11-16)28(31)37-23-13-22(27(30)36-7-8-39(33,34)35)14-24(15-23)38-29(32)26-12-17(2)10-19(4)21(26)6;1-9-6-10(2)11(3)12(7-9)19(22)29-18-13-8-14-16(18)21(24)30-17(14)15(13)20(23)28-4-5-31(25,26)27;1-11-6-12(2)13(3)15(7-11)20(22)27-18-10-14-8-16(18)17(9-14)19(21)26-4-5-28(23,24)25;1-12-9-13(2)14(3)17(10-12)19(21)26-16-6-4-5-15(11-16)18(20)25-7-8-27(22,23)24/h9-15H,7-8H2,1-6H3,(H,33,34,35);6-7,13-18H,4-5,8H2,1-3H3,(H,25,26,27);6-7,14,16-18H,4-5,8-10H2,1-3H3,(H,23,24,25);9-10,15-16H,4-8,11H2,1-3H3,(H,22,23,24)/p-4. The van der Waals surface area contributed by atoms with E-state index in [1.807, 2.05) is 126 Å². The molecule has 1 aliphatic heterocycles. The van der Waals surface area contributed by atoms with Gasteiger partial charge in [0.05, 0.1) is 109 Å². The Labute approximate surface area is 726 Å². The van der Waals surface area contributed by atoms with E-state index in [9.17, 15) is 99.8 Å². The van der Waals surface area contributed by atoms with Crippen LogP contribution in [0.25, 0.3) is 0 Å². The lowest BCUT2D eigenvalue weighted by atomic mass is 9.80. The highest BCUT2D eigenvalue weighted by molar-refractivity contribution is 7.86. The minimum absolute atomic E-state index is 0.107. The zero-order chi connectivity index (χ0) is 92.6. The summed E-state index contributed by atoms with van der Waals surface area (Å²) in [5, 5.41) is 0. The van der Waals surface area contributed by atoms with Crippen molar-refractivity contribution in [1.82, 2.24) is 0 Å². The van der Waals surface area contributed by atoms with Crippen LogP contribution >= 0.6 is 0 Å². The predicted molar refractivity (Wildman–Crippen MR) is 443 cm³/mol. The second-order valence-corrected chi connectivity index (χ2v) is 39.1. The van der Waals surface area contributed by atoms with Crippen LogP contribution in [0.15, 0.2) is 78.9 Å². The first-order chi connectivity index (χ1) is 58.2. The number of carbonyl (C=O) groups excluding carboxylic acids is 10. The summed E-state index contributed by atoms with van der Waals surface area (Å²) >= 11 is 0. The lowest BCUT2D eigenvalue weighted by molar-refractivity contribution is -0.157. The molecule has 4 bridgehead atoms. The third kappa shape index (κ3) is 26.4. The van der Waals surface area contributed by atoms with Gasteiger partial charge in [0.1, 0.15) is 74.2 Å². The molecule has 12 atom stereocenters. The van der Waals surface area contributed by atoms with Gasteiger partial charge in [-0.2, -0.15) is 0 Å². The second kappa shape index (κ2) is 41.0. The van der Waals surface area contributed by atoms with Gasteiger partial charge >= 0.3 is 59.7 Å². The normalized spacial score (nSPS) is 21.4. The molecule has 12 rings (SSSR count). The van der Waals surface area contributed by atoms with Gasteiger partial charge in [0.2, 0.25) is 0 Å². The van der Waals surface area contributed by atoms with Gasteiger partial charge in [0.25, 0.3) is 0 Å². The van der Waals surface area contributed by atoms with Gasteiger partial charge in [-0.05, 0) is 287 Å². The minimum atomic E-state index is -4.60. The molecular formula is C89H102O32S4-4. The van der Waals surface area contributed by atoms with Crippen LogP contribution in [0.3, 0.4) is 0 Å². The lowest BCUT2D eigenvalue weighted by Gasteiger charge is -2.30. The van der Waals surface area contributed by atoms with Crippen molar-refractivity contribution in [2.24, 2.45) is 47.3 Å². The monoisotopic (exact) mass is 1810 g/mol. The Morgan fingerprint density at radius 1 is 0.376 bits per heavy atom. The summed E-state index contributed by atoms with van der Waals surface area (Å²) in [5.41, 5.74) is 15.3. The van der Waals surface area contributed by atoms with Crippen LogP contribution in [0.5, 0.6) is 11.5 Å². The largest absolute Gasteiger partial charge is 0.748 e. The van der Waals surface area contributed by atoms with E-state index < -0.39 is 192 Å². The van der Waals surface area contributed by atoms with Crippen LogP contribution in [0.4, 0.5) is 0 Å². The molecule has 5 aliphatic carbocycles. The van der Waals surface area contributed by atoms with Crippen molar-refractivity contribution in [2.45, 2.75) is 180 Å². The number of fused-ring (bicyclic) bond motifs is 3. The van der Waals surface area contributed by atoms with Crippen molar-refractivity contribution in [1.29, 1.82) is 0 Å². The van der Waals surface area contributed by atoms with Crippen molar-refractivity contribution in [3.8, 4) is 11.5 Å². The maximum Gasteiger partial charge on any atom is 0.343 e. The van der Waals surface area contributed by atoms with Crippen LogP contribution < -0.4 is 9.47 Å². The molecule has 0 N–H and O–H groups in total. The van der Waals surface area contributed by atoms with Crippen LogP contribution in [0.1, 0.15) is 197 Å².